The Balaban J connectivity index is 0.00000212. The zero-order valence-electron chi connectivity index (χ0n) is 22.1. The lowest BCUT2D eigenvalue weighted by molar-refractivity contribution is 0.380. The summed E-state index contributed by atoms with van der Waals surface area (Å²) in [6.07, 6.45) is 2.96. The van der Waals surface area contributed by atoms with Crippen molar-refractivity contribution >= 4 is 95.3 Å². The third-order valence-electron chi connectivity index (χ3n) is 5.79. The number of benzene rings is 2. The molecule has 2 aromatic carbocycles. The van der Waals surface area contributed by atoms with E-state index >= 15 is 0 Å². The number of hydrogen-bond acceptors (Lipinski definition) is 10. The van der Waals surface area contributed by atoms with E-state index in [-0.39, 0.29) is 59.8 Å². The summed E-state index contributed by atoms with van der Waals surface area (Å²) in [5.41, 5.74) is 3.35. The first-order valence-electron chi connectivity index (χ1n) is 12.2. The van der Waals surface area contributed by atoms with Crippen molar-refractivity contribution in [3.63, 3.8) is 0 Å². The Hall–Kier alpha value is -3.35. The number of aromatic nitrogens is 6. The van der Waals surface area contributed by atoms with Crippen LogP contribution >= 0.6 is 67.0 Å². The van der Waals surface area contributed by atoms with E-state index in [2.05, 4.69) is 35.5 Å². The van der Waals surface area contributed by atoms with Gasteiger partial charge in [0.1, 0.15) is 16.5 Å². The van der Waals surface area contributed by atoms with Gasteiger partial charge < -0.3 is 19.8 Å². The van der Waals surface area contributed by atoms with Crippen molar-refractivity contribution in [2.45, 2.75) is 6.92 Å². The molecule has 4 aromatic heterocycles. The number of hydrogen-bond donors (Lipinski definition) is 4. The average molecular weight is 840 g/mol. The van der Waals surface area contributed by atoms with Crippen LogP contribution in [0, 0.1) is 6.92 Å². The van der Waals surface area contributed by atoms with E-state index in [9.17, 15) is 14.4 Å². The molecule has 16 heteroatoms. The minimum absolute atomic E-state index is 0. The first-order chi connectivity index (χ1) is 19.8. The summed E-state index contributed by atoms with van der Waals surface area (Å²) in [5.74, 6) is 1.18. The lowest BCUT2D eigenvalue weighted by atomic mass is 10.1. The van der Waals surface area contributed by atoms with E-state index in [1.807, 2.05) is 53.8 Å². The molecule has 0 saturated heterocycles. The van der Waals surface area contributed by atoms with Gasteiger partial charge in [-0.15, -0.1) is 69.5 Å². The van der Waals surface area contributed by atoms with Gasteiger partial charge in [0.2, 0.25) is 11.8 Å². The third-order valence-corrected chi connectivity index (χ3v) is 7.25. The molecule has 0 saturated carbocycles. The normalized spacial score (nSPS) is 10.9. The molecular weight excluding hydrogens is 817 g/mol. The van der Waals surface area contributed by atoms with Crippen LogP contribution in [-0.4, -0.2) is 39.9 Å². The van der Waals surface area contributed by atoms with Crippen molar-refractivity contribution in [2.75, 3.05) is 10.4 Å². The van der Waals surface area contributed by atoms with Gasteiger partial charge in [-0.1, -0.05) is 24.3 Å². The average Bonchev–Trinajstić information content (AvgIpc) is 3.39. The summed E-state index contributed by atoms with van der Waals surface area (Å²) in [5, 5.41) is 18.9. The van der Waals surface area contributed by atoms with Gasteiger partial charge in [-0.2, -0.15) is 0 Å². The van der Waals surface area contributed by atoms with Crippen LogP contribution in [0.5, 0.6) is 11.6 Å². The Kier molecular flexibility index (Phi) is 10.6. The summed E-state index contributed by atoms with van der Waals surface area (Å²) in [4.78, 5) is 35.3. The maximum atomic E-state index is 11.3. The summed E-state index contributed by atoms with van der Waals surface area (Å²) in [6, 6.07) is 20.2. The zero-order valence-corrected chi connectivity index (χ0v) is 28.5. The van der Waals surface area contributed by atoms with Crippen LogP contribution in [0.15, 0.2) is 84.5 Å². The molecule has 0 fully saturated rings. The topological polar surface area (TPSA) is 168 Å². The molecule has 6 aromatic rings. The Morgan fingerprint density at radius 3 is 2.35 bits per heavy atom. The van der Waals surface area contributed by atoms with Gasteiger partial charge in [-0.05, 0) is 49.4 Å². The van der Waals surface area contributed by atoms with E-state index in [0.29, 0.717) is 22.8 Å². The molecule has 43 heavy (non-hydrogen) atoms. The second-order valence-electron chi connectivity index (χ2n) is 8.77. The molecule has 4 heterocycles. The fourth-order valence-electron chi connectivity index (χ4n) is 4.03. The summed E-state index contributed by atoms with van der Waals surface area (Å²) >= 11 is 1.54. The number of ether oxygens (including phenoxy) is 1. The molecule has 220 valence electrons. The van der Waals surface area contributed by atoms with Crippen LogP contribution in [0.1, 0.15) is 5.69 Å². The SMILES string of the molecule is Cc1csc(-c2nnc(Nc3ccc(Oc4ncccc4-c4ccnc(NP(=O)(O)O)n4)cc3)c3ccccc23)n1.I.I. The molecule has 0 bridgehead atoms. The van der Waals surface area contributed by atoms with Crippen molar-refractivity contribution in [3.8, 4) is 33.6 Å². The maximum absolute atomic E-state index is 11.3. The molecule has 0 aliphatic rings. The Morgan fingerprint density at radius 2 is 1.63 bits per heavy atom. The molecule has 0 atom stereocenters. The molecule has 4 N–H and O–H groups in total. The number of nitrogens with zero attached hydrogens (tertiary/aromatic N) is 6. The maximum Gasteiger partial charge on any atom is 0.429 e. The van der Waals surface area contributed by atoms with Crippen LogP contribution in [0.3, 0.4) is 0 Å². The standard InChI is InChI=1S/C27H21N8O4PS.2HI/c1-16-15-41-26(30-16)23-19-5-2-3-6-20(19)24(34-33-23)31-17-8-10-18(11-9-17)39-25-21(7-4-13-28-25)22-12-14-29-27(32-22)35-40(36,37)38;;/h2-15H,1H3,(H,31,34)(H3,29,32,35,36,37,38);2*1H. The van der Waals surface area contributed by atoms with Gasteiger partial charge in [-0.3, -0.25) is 5.09 Å². The Morgan fingerprint density at radius 1 is 0.860 bits per heavy atom. The second-order valence-corrected chi connectivity index (χ2v) is 10.9. The lowest BCUT2D eigenvalue weighted by Gasteiger charge is -2.12. The molecule has 0 amide bonds. The Bertz CT molecular complexity index is 1920. The fourth-order valence-corrected chi connectivity index (χ4v) is 5.19. The quantitative estimate of drug-likeness (QED) is 0.0901. The Labute approximate surface area is 283 Å². The molecule has 6 rings (SSSR count). The number of aryl methyl sites for hydroxylation is 1. The highest BCUT2D eigenvalue weighted by Crippen LogP contribution is 2.36. The predicted molar refractivity (Wildman–Crippen MR) is 187 cm³/mol. The van der Waals surface area contributed by atoms with Gasteiger partial charge in [0.15, 0.2) is 5.82 Å². The number of nitrogens with one attached hydrogen (secondary N) is 2. The van der Waals surface area contributed by atoms with E-state index in [0.717, 1.165) is 32.9 Å². The van der Waals surface area contributed by atoms with Crippen molar-refractivity contribution in [3.05, 3.63) is 90.2 Å². The molecule has 0 aliphatic carbocycles. The molecule has 12 nitrogen and oxygen atoms in total. The number of rotatable bonds is 8. The predicted octanol–water partition coefficient (Wildman–Crippen LogP) is 7.19. The number of thiazole rings is 1. The van der Waals surface area contributed by atoms with Gasteiger partial charge in [0.25, 0.3) is 0 Å². The minimum atomic E-state index is -4.56. The van der Waals surface area contributed by atoms with Crippen molar-refractivity contribution in [1.29, 1.82) is 0 Å². The molecular formula is C27H23I2N8O4PS. The first-order valence-corrected chi connectivity index (χ1v) is 14.7. The van der Waals surface area contributed by atoms with Gasteiger partial charge in [0, 0.05) is 39.9 Å². The molecule has 0 unspecified atom stereocenters. The van der Waals surface area contributed by atoms with Crippen LogP contribution in [0.2, 0.25) is 0 Å². The van der Waals surface area contributed by atoms with Crippen LogP contribution in [0.4, 0.5) is 17.5 Å². The van der Waals surface area contributed by atoms with E-state index in [4.69, 9.17) is 4.74 Å². The van der Waals surface area contributed by atoms with Crippen LogP contribution in [0.25, 0.3) is 32.7 Å². The molecule has 0 aliphatic heterocycles. The lowest BCUT2D eigenvalue weighted by Crippen LogP contribution is -2.01. The second kappa shape index (κ2) is 14.0. The first kappa shape index (κ1) is 32.6. The monoisotopic (exact) mass is 840 g/mol. The highest BCUT2D eigenvalue weighted by Gasteiger charge is 2.17. The van der Waals surface area contributed by atoms with E-state index in [1.54, 1.807) is 36.5 Å². The van der Waals surface area contributed by atoms with Gasteiger partial charge in [-0.25, -0.2) is 24.5 Å². The summed E-state index contributed by atoms with van der Waals surface area (Å²) < 4.78 is 17.3. The van der Waals surface area contributed by atoms with Crippen LogP contribution in [-0.2, 0) is 4.57 Å². The third kappa shape index (κ3) is 7.79. The largest absolute Gasteiger partial charge is 0.438 e. The van der Waals surface area contributed by atoms with Gasteiger partial charge >= 0.3 is 7.75 Å². The van der Waals surface area contributed by atoms with E-state index < -0.39 is 7.75 Å². The number of fused-ring (bicyclic) bond motifs is 1. The van der Waals surface area contributed by atoms with E-state index in [1.165, 1.54) is 17.5 Å². The van der Waals surface area contributed by atoms with Crippen molar-refractivity contribution in [2.24, 2.45) is 0 Å². The van der Waals surface area contributed by atoms with Crippen LogP contribution < -0.4 is 15.1 Å². The number of halogens is 2. The fraction of sp³-hybridized carbons (Fsp3) is 0.0370. The summed E-state index contributed by atoms with van der Waals surface area (Å²) in [6.45, 7) is 1.95. The minimum Gasteiger partial charge on any atom is -0.438 e. The van der Waals surface area contributed by atoms with Crippen molar-refractivity contribution in [1.82, 2.24) is 30.1 Å². The zero-order chi connectivity index (χ0) is 28.4. The number of anilines is 3. The van der Waals surface area contributed by atoms with Gasteiger partial charge in [0.05, 0.1) is 11.3 Å². The highest BCUT2D eigenvalue weighted by atomic mass is 127. The molecule has 0 radical (unpaired) electrons. The van der Waals surface area contributed by atoms with Crippen molar-refractivity contribution < 1.29 is 19.1 Å². The smallest absolute Gasteiger partial charge is 0.429 e. The summed E-state index contributed by atoms with van der Waals surface area (Å²) in [7, 11) is -4.56. The molecule has 0 spiro atoms. The highest BCUT2D eigenvalue weighted by molar-refractivity contribution is 14.0. The number of pyridine rings is 1.